The molecule has 4 heterocycles. The third kappa shape index (κ3) is 6.59. The second-order valence-electron chi connectivity index (χ2n) is 10.8. The molecule has 4 amide bonds. The van der Waals surface area contributed by atoms with Crippen molar-refractivity contribution in [3.63, 3.8) is 0 Å². The van der Waals surface area contributed by atoms with Crippen molar-refractivity contribution in [3.05, 3.63) is 12.2 Å². The smallest absolute Gasteiger partial charge is 0.260 e. The summed E-state index contributed by atoms with van der Waals surface area (Å²) in [6.07, 6.45) is 9.89. The molecule has 3 saturated heterocycles. The van der Waals surface area contributed by atoms with Gasteiger partial charge in [-0.05, 0) is 43.9 Å². The summed E-state index contributed by atoms with van der Waals surface area (Å²) in [5.74, 6) is -1.42. The highest BCUT2D eigenvalue weighted by Gasteiger charge is 2.61. The van der Waals surface area contributed by atoms with Gasteiger partial charge in [-0.1, -0.05) is 31.9 Å². The van der Waals surface area contributed by atoms with E-state index >= 15 is 0 Å². The molecule has 0 radical (unpaired) electrons. The molecule has 3 fully saturated rings. The van der Waals surface area contributed by atoms with Crippen LogP contribution in [0.1, 0.15) is 72.5 Å². The Hall–Kier alpha value is -2.30. The number of nitrogens with zero attached hydrogens (tertiary/aromatic N) is 2. The van der Waals surface area contributed by atoms with E-state index in [0.29, 0.717) is 58.2 Å². The lowest BCUT2D eigenvalue weighted by Crippen LogP contribution is -2.43. The first kappa shape index (κ1) is 26.3. The summed E-state index contributed by atoms with van der Waals surface area (Å²) in [6.45, 7) is 2.28. The average Bonchev–Trinajstić information content (AvgIpc) is 3.62. The van der Waals surface area contributed by atoms with E-state index in [1.807, 2.05) is 17.1 Å². The molecule has 4 rings (SSSR count). The molecule has 4 aliphatic heterocycles. The number of aliphatic hydroxyl groups excluding tert-OH is 1. The topological polar surface area (TPSA) is 125 Å². The minimum Gasteiger partial charge on any atom is -0.396 e. The van der Waals surface area contributed by atoms with E-state index in [1.165, 1.54) is 0 Å². The number of imide groups is 1. The number of piperidine rings is 1. The van der Waals surface area contributed by atoms with Crippen LogP contribution in [0.15, 0.2) is 12.2 Å². The van der Waals surface area contributed by atoms with Crippen molar-refractivity contribution in [2.24, 2.45) is 17.3 Å². The number of nitrogens with one attached hydrogen (secondary N) is 1. The Morgan fingerprint density at radius 2 is 1.70 bits per heavy atom. The maximum Gasteiger partial charge on any atom is 0.260 e. The van der Waals surface area contributed by atoms with E-state index in [4.69, 9.17) is 10.9 Å². The van der Waals surface area contributed by atoms with Crippen molar-refractivity contribution in [1.29, 1.82) is 0 Å². The predicted octanol–water partition coefficient (Wildman–Crippen LogP) is 1.71. The molecule has 4 unspecified atom stereocenters. The van der Waals surface area contributed by atoms with E-state index in [-0.39, 0.29) is 61.4 Å². The first-order valence-corrected chi connectivity index (χ1v) is 13.7. The van der Waals surface area contributed by atoms with Crippen LogP contribution in [0.3, 0.4) is 0 Å². The minimum absolute atomic E-state index is 0.00206. The zero-order valence-corrected chi connectivity index (χ0v) is 21.6. The molecular weight excluding hydrogens is 478 g/mol. The van der Waals surface area contributed by atoms with Crippen molar-refractivity contribution >= 4 is 23.6 Å². The van der Waals surface area contributed by atoms with Crippen molar-refractivity contribution in [2.45, 2.75) is 83.3 Å². The van der Waals surface area contributed by atoms with Gasteiger partial charge in [0.1, 0.15) is 0 Å². The number of likely N-dealkylation sites (tertiary alicyclic amines) is 1. The molecule has 0 aromatic rings. The Kier molecular flexibility index (Phi) is 8.89. The molecule has 206 valence electrons. The van der Waals surface area contributed by atoms with E-state index in [9.17, 15) is 24.3 Å². The highest BCUT2D eigenvalue weighted by atomic mass is 16.7. The second-order valence-corrected chi connectivity index (χ2v) is 10.8. The fraction of sp³-hybridized carbons (Fsp3) is 0.778. The molecule has 0 aliphatic carbocycles. The van der Waals surface area contributed by atoms with Gasteiger partial charge in [-0.25, -0.2) is 0 Å². The van der Waals surface area contributed by atoms with Crippen LogP contribution in [0.4, 0.5) is 0 Å². The highest BCUT2D eigenvalue weighted by molar-refractivity contribution is 6.05. The second kappa shape index (κ2) is 12.5. The van der Waals surface area contributed by atoms with Gasteiger partial charge >= 0.3 is 0 Å². The Morgan fingerprint density at radius 1 is 1.05 bits per heavy atom. The predicted molar refractivity (Wildman–Crippen MR) is 134 cm³/mol. The first-order valence-electron chi connectivity index (χ1n) is 14.4. The van der Waals surface area contributed by atoms with Gasteiger partial charge in [0.15, 0.2) is 0 Å². The number of hydroxylamine groups is 2. The third-order valence-electron chi connectivity index (χ3n) is 8.04. The zero-order valence-electron chi connectivity index (χ0n) is 22.6. The fourth-order valence-electron chi connectivity index (χ4n) is 5.56. The zero-order chi connectivity index (χ0) is 27.1. The van der Waals surface area contributed by atoms with Crippen LogP contribution in [0, 0.1) is 17.3 Å². The Balaban J connectivity index is 0.967. The molecule has 4 aliphatic rings. The molecule has 37 heavy (non-hydrogen) atoms. The van der Waals surface area contributed by atoms with Crippen LogP contribution in [-0.2, 0) is 28.8 Å². The van der Waals surface area contributed by atoms with Gasteiger partial charge in [-0.3, -0.25) is 24.0 Å². The number of ether oxygens (including phenoxy) is 1. The molecular formula is C27H41N3O7. The van der Waals surface area contributed by atoms with Crippen LogP contribution in [0.2, 0.25) is 0 Å². The summed E-state index contributed by atoms with van der Waals surface area (Å²) in [7, 11) is 0. The molecule has 4 atom stereocenters. The number of rotatable bonds is 14. The molecule has 0 aromatic heterocycles. The van der Waals surface area contributed by atoms with Crippen LogP contribution in [0.5, 0.6) is 0 Å². The minimum atomic E-state index is -0.459. The number of unbranched alkanes of at least 4 members (excludes halogenated alkanes) is 4. The Bertz CT molecular complexity index is 869. The normalized spacial score (nSPS) is 28.1. The summed E-state index contributed by atoms with van der Waals surface area (Å²) >= 11 is 0. The SMILES string of the molecule is [3H]CC1(CO)CCN(C(=O)CCCCCNC(=O)CCCCCON2C(=O)C3C4C=CC(O4)C3C2=O)CC1. The molecule has 0 spiro atoms. The van der Waals surface area contributed by atoms with Gasteiger partial charge in [-0.2, -0.15) is 5.06 Å². The van der Waals surface area contributed by atoms with Gasteiger partial charge in [-0.15, -0.1) is 0 Å². The van der Waals surface area contributed by atoms with Gasteiger partial charge in [0.25, 0.3) is 11.8 Å². The summed E-state index contributed by atoms with van der Waals surface area (Å²) in [4.78, 5) is 56.8. The number of fused-ring (bicyclic) bond motifs is 5. The van der Waals surface area contributed by atoms with E-state index < -0.39 is 11.8 Å². The van der Waals surface area contributed by atoms with Crippen molar-refractivity contribution in [1.82, 2.24) is 15.3 Å². The van der Waals surface area contributed by atoms with Gasteiger partial charge in [0, 0.05) is 40.5 Å². The Labute approximate surface area is 220 Å². The van der Waals surface area contributed by atoms with Crippen LogP contribution >= 0.6 is 0 Å². The molecule has 10 nitrogen and oxygen atoms in total. The molecule has 0 aromatic carbocycles. The monoisotopic (exact) mass is 521 g/mol. The standard InChI is InChI=1S/C27H41N3O7/c1-27(18-31)12-15-29(16-13-27)22(33)9-5-2-6-14-28-21(32)8-4-3-7-17-36-30-25(34)23-19-10-11-20(37-19)24(23)26(30)35/h10-11,19-20,23-24,31H,2-9,12-18H2,1H3,(H,28,32)/i1T. The highest BCUT2D eigenvalue weighted by Crippen LogP contribution is 2.45. The largest absolute Gasteiger partial charge is 0.396 e. The summed E-state index contributed by atoms with van der Waals surface area (Å²) in [5, 5.41) is 13.4. The quantitative estimate of drug-likeness (QED) is 0.203. The molecule has 10 heteroatoms. The lowest BCUT2D eigenvalue weighted by atomic mass is 9.81. The number of aliphatic hydroxyl groups is 1. The maximum absolute atomic E-state index is 12.5. The summed E-state index contributed by atoms with van der Waals surface area (Å²) in [5.41, 5.74) is -0.343. The Morgan fingerprint density at radius 3 is 2.35 bits per heavy atom. The van der Waals surface area contributed by atoms with Gasteiger partial charge in [0.2, 0.25) is 11.8 Å². The number of hydrogen-bond donors (Lipinski definition) is 2. The molecule has 2 N–H and O–H groups in total. The lowest BCUT2D eigenvalue weighted by molar-refractivity contribution is -0.192. The van der Waals surface area contributed by atoms with E-state index in [0.717, 1.165) is 30.7 Å². The lowest BCUT2D eigenvalue weighted by Gasteiger charge is -2.38. The van der Waals surface area contributed by atoms with Crippen molar-refractivity contribution in [3.8, 4) is 0 Å². The third-order valence-corrected chi connectivity index (χ3v) is 8.04. The van der Waals surface area contributed by atoms with Crippen LogP contribution in [0.25, 0.3) is 0 Å². The van der Waals surface area contributed by atoms with Crippen LogP contribution < -0.4 is 5.32 Å². The van der Waals surface area contributed by atoms with E-state index in [2.05, 4.69) is 5.32 Å². The fourth-order valence-corrected chi connectivity index (χ4v) is 5.56. The van der Waals surface area contributed by atoms with Crippen molar-refractivity contribution < 1.29 is 35.2 Å². The van der Waals surface area contributed by atoms with E-state index in [1.54, 1.807) is 0 Å². The molecule has 2 bridgehead atoms. The number of carbonyl (C=O) groups is 4. The summed E-state index contributed by atoms with van der Waals surface area (Å²) < 4.78 is 13.2. The average molecular weight is 522 g/mol. The van der Waals surface area contributed by atoms with Crippen molar-refractivity contribution in [2.75, 3.05) is 32.8 Å². The van der Waals surface area contributed by atoms with Crippen LogP contribution in [-0.4, -0.2) is 83.8 Å². The number of carbonyl (C=O) groups excluding carboxylic acids is 4. The first-order chi connectivity index (χ1) is 18.4. The maximum atomic E-state index is 12.5. The molecule has 0 saturated carbocycles. The van der Waals surface area contributed by atoms with Gasteiger partial charge < -0.3 is 20.1 Å². The number of amides is 4. The van der Waals surface area contributed by atoms with Gasteiger partial charge in [0.05, 0.1) is 30.7 Å². The number of hydrogen-bond acceptors (Lipinski definition) is 7. The summed E-state index contributed by atoms with van der Waals surface area (Å²) in [6, 6.07) is 0.